The summed E-state index contributed by atoms with van der Waals surface area (Å²) in [4.78, 5) is 3.99. The molecule has 1 heterocycles. The Kier molecular flexibility index (Phi) is 1.79. The Morgan fingerprint density at radius 3 is 3.00 bits per heavy atom. The van der Waals surface area contributed by atoms with Gasteiger partial charge < -0.3 is 10.3 Å². The first-order valence-corrected chi connectivity index (χ1v) is 4.58. The van der Waals surface area contributed by atoms with Crippen LogP contribution in [0.1, 0.15) is 19.8 Å². The number of nitrogen functional groups attached to an aromatic ring is 1. The van der Waals surface area contributed by atoms with Crippen LogP contribution in [0.25, 0.3) is 0 Å². The molecule has 2 atom stereocenters. The zero-order chi connectivity index (χ0) is 8.55. The molecule has 0 saturated heterocycles. The maximum atomic E-state index is 5.66. The molecule has 3 heteroatoms. The lowest BCUT2D eigenvalue weighted by Crippen LogP contribution is -2.04. The highest BCUT2D eigenvalue weighted by atomic mass is 15.1. The molecule has 1 aliphatic rings. The second-order valence-corrected chi connectivity index (χ2v) is 3.60. The van der Waals surface area contributed by atoms with Crippen molar-refractivity contribution in [1.82, 2.24) is 9.55 Å². The van der Waals surface area contributed by atoms with Gasteiger partial charge in [0.25, 0.3) is 0 Å². The molecule has 3 nitrogen and oxygen atoms in total. The lowest BCUT2D eigenvalue weighted by atomic mass is 10.2. The predicted octanol–water partition coefficient (Wildman–Crippen LogP) is 1.51. The summed E-state index contributed by atoms with van der Waals surface area (Å²) >= 11 is 0. The van der Waals surface area contributed by atoms with Crippen molar-refractivity contribution in [2.24, 2.45) is 11.8 Å². The number of nitrogens with zero attached hydrogens (tertiary/aromatic N) is 2. The first kappa shape index (κ1) is 7.65. The number of anilines is 1. The summed E-state index contributed by atoms with van der Waals surface area (Å²) in [5.41, 5.74) is 5.66. The second-order valence-electron chi connectivity index (χ2n) is 3.60. The van der Waals surface area contributed by atoms with Gasteiger partial charge in [-0.05, 0) is 18.3 Å². The number of aromatic nitrogens is 2. The summed E-state index contributed by atoms with van der Waals surface area (Å²) in [6.07, 6.45) is 6.40. The molecule has 1 saturated carbocycles. The second kappa shape index (κ2) is 2.81. The van der Waals surface area contributed by atoms with E-state index in [1.54, 1.807) is 6.20 Å². The summed E-state index contributed by atoms with van der Waals surface area (Å²) in [5, 5.41) is 0. The first-order chi connectivity index (χ1) is 5.81. The zero-order valence-corrected chi connectivity index (χ0v) is 7.40. The van der Waals surface area contributed by atoms with Gasteiger partial charge in [-0.2, -0.15) is 0 Å². The van der Waals surface area contributed by atoms with E-state index in [1.807, 2.05) is 10.8 Å². The van der Waals surface area contributed by atoms with Gasteiger partial charge in [-0.15, -0.1) is 0 Å². The van der Waals surface area contributed by atoms with Crippen molar-refractivity contribution in [3.63, 3.8) is 0 Å². The minimum atomic E-state index is 0.650. The van der Waals surface area contributed by atoms with Gasteiger partial charge in [0.1, 0.15) is 0 Å². The fraction of sp³-hybridized carbons (Fsp3) is 0.667. The Labute approximate surface area is 72.6 Å². The number of rotatable bonds is 3. The van der Waals surface area contributed by atoms with Gasteiger partial charge in [0.2, 0.25) is 0 Å². The van der Waals surface area contributed by atoms with Crippen LogP contribution in [0.15, 0.2) is 12.4 Å². The van der Waals surface area contributed by atoms with Crippen LogP contribution in [0, 0.1) is 11.8 Å². The molecule has 1 aromatic heterocycles. The van der Waals surface area contributed by atoms with Gasteiger partial charge in [0.15, 0.2) is 5.95 Å². The summed E-state index contributed by atoms with van der Waals surface area (Å²) in [5.74, 6) is 2.44. The van der Waals surface area contributed by atoms with E-state index in [1.165, 1.54) is 12.8 Å². The largest absolute Gasteiger partial charge is 0.369 e. The van der Waals surface area contributed by atoms with E-state index >= 15 is 0 Å². The van der Waals surface area contributed by atoms with Crippen molar-refractivity contribution in [3.8, 4) is 0 Å². The van der Waals surface area contributed by atoms with Crippen LogP contribution in [-0.4, -0.2) is 9.55 Å². The highest BCUT2D eigenvalue weighted by Crippen LogP contribution is 2.42. The van der Waals surface area contributed by atoms with Crippen LogP contribution in [0.5, 0.6) is 0 Å². The average Bonchev–Trinajstić information content (AvgIpc) is 2.70. The van der Waals surface area contributed by atoms with Gasteiger partial charge in [0, 0.05) is 18.9 Å². The van der Waals surface area contributed by atoms with Crippen LogP contribution in [0.3, 0.4) is 0 Å². The first-order valence-electron chi connectivity index (χ1n) is 4.58. The van der Waals surface area contributed by atoms with Crippen LogP contribution in [0.2, 0.25) is 0 Å². The van der Waals surface area contributed by atoms with Gasteiger partial charge in [-0.3, -0.25) is 0 Å². The van der Waals surface area contributed by atoms with E-state index in [2.05, 4.69) is 11.9 Å². The molecule has 0 spiro atoms. The Morgan fingerprint density at radius 2 is 2.50 bits per heavy atom. The molecule has 0 radical (unpaired) electrons. The zero-order valence-electron chi connectivity index (χ0n) is 7.40. The quantitative estimate of drug-likeness (QED) is 0.737. The summed E-state index contributed by atoms with van der Waals surface area (Å²) < 4.78 is 2.04. The Morgan fingerprint density at radius 1 is 1.67 bits per heavy atom. The maximum absolute atomic E-state index is 5.66. The average molecular weight is 165 g/mol. The topological polar surface area (TPSA) is 43.8 Å². The van der Waals surface area contributed by atoms with Crippen LogP contribution < -0.4 is 5.73 Å². The molecular formula is C9H15N3. The SMILES string of the molecule is CC[C@@H]1C[C@H]1Cn1ccnc1N. The van der Waals surface area contributed by atoms with E-state index < -0.39 is 0 Å². The molecule has 1 fully saturated rings. The van der Waals surface area contributed by atoms with Crippen LogP contribution in [-0.2, 0) is 6.54 Å². The van der Waals surface area contributed by atoms with Gasteiger partial charge in [-0.1, -0.05) is 13.3 Å². The predicted molar refractivity (Wildman–Crippen MR) is 48.5 cm³/mol. The molecule has 1 aliphatic carbocycles. The lowest BCUT2D eigenvalue weighted by Gasteiger charge is -2.02. The Balaban J connectivity index is 1.93. The van der Waals surface area contributed by atoms with E-state index in [-0.39, 0.29) is 0 Å². The molecule has 1 aromatic rings. The van der Waals surface area contributed by atoms with E-state index in [9.17, 15) is 0 Å². The summed E-state index contributed by atoms with van der Waals surface area (Å²) in [7, 11) is 0. The molecule has 12 heavy (non-hydrogen) atoms. The standard InChI is InChI=1S/C9H15N3/c1-2-7-5-8(7)6-12-4-3-11-9(12)10/h3-4,7-8H,2,5-6H2,1H3,(H2,10,11)/t7-,8+/m1/s1. The molecule has 0 amide bonds. The fourth-order valence-electron chi connectivity index (χ4n) is 1.78. The monoisotopic (exact) mass is 165 g/mol. The number of hydrogen-bond acceptors (Lipinski definition) is 2. The molecule has 2 rings (SSSR count). The molecule has 0 unspecified atom stereocenters. The van der Waals surface area contributed by atoms with Gasteiger partial charge in [0.05, 0.1) is 0 Å². The lowest BCUT2D eigenvalue weighted by molar-refractivity contribution is 0.575. The molecule has 66 valence electrons. The number of hydrogen-bond donors (Lipinski definition) is 1. The minimum Gasteiger partial charge on any atom is -0.369 e. The van der Waals surface area contributed by atoms with Crippen molar-refractivity contribution < 1.29 is 0 Å². The van der Waals surface area contributed by atoms with Gasteiger partial charge in [-0.25, -0.2) is 4.98 Å². The normalized spacial score (nSPS) is 27.4. The molecule has 0 aliphatic heterocycles. The maximum Gasteiger partial charge on any atom is 0.200 e. The molecule has 0 bridgehead atoms. The van der Waals surface area contributed by atoms with Crippen molar-refractivity contribution in [2.75, 3.05) is 5.73 Å². The molecule has 0 aromatic carbocycles. The highest BCUT2D eigenvalue weighted by Gasteiger charge is 2.35. The fourth-order valence-corrected chi connectivity index (χ4v) is 1.78. The third-order valence-electron chi connectivity index (χ3n) is 2.77. The minimum absolute atomic E-state index is 0.650. The van der Waals surface area contributed by atoms with Crippen molar-refractivity contribution in [1.29, 1.82) is 0 Å². The van der Waals surface area contributed by atoms with E-state index in [0.29, 0.717) is 5.95 Å². The third-order valence-corrected chi connectivity index (χ3v) is 2.77. The smallest absolute Gasteiger partial charge is 0.200 e. The van der Waals surface area contributed by atoms with Crippen molar-refractivity contribution >= 4 is 5.95 Å². The van der Waals surface area contributed by atoms with E-state index in [0.717, 1.165) is 18.4 Å². The van der Waals surface area contributed by atoms with Crippen LogP contribution >= 0.6 is 0 Å². The van der Waals surface area contributed by atoms with Crippen molar-refractivity contribution in [3.05, 3.63) is 12.4 Å². The number of imidazole rings is 1. The Bertz CT molecular complexity index is 266. The summed E-state index contributed by atoms with van der Waals surface area (Å²) in [6.45, 7) is 3.31. The van der Waals surface area contributed by atoms with E-state index in [4.69, 9.17) is 5.73 Å². The number of nitrogens with two attached hydrogens (primary N) is 1. The highest BCUT2D eigenvalue weighted by molar-refractivity contribution is 5.17. The van der Waals surface area contributed by atoms with Crippen molar-refractivity contribution in [2.45, 2.75) is 26.3 Å². The third kappa shape index (κ3) is 1.31. The Hall–Kier alpha value is -0.990. The summed E-state index contributed by atoms with van der Waals surface area (Å²) in [6, 6.07) is 0. The molecular weight excluding hydrogens is 150 g/mol. The van der Waals surface area contributed by atoms with Crippen LogP contribution in [0.4, 0.5) is 5.95 Å². The molecule has 2 N–H and O–H groups in total. The van der Waals surface area contributed by atoms with Gasteiger partial charge >= 0.3 is 0 Å².